The Kier molecular flexibility index (Phi) is 5.15. The molecule has 0 radical (unpaired) electrons. The summed E-state index contributed by atoms with van der Waals surface area (Å²) in [5, 5.41) is 4.31. The van der Waals surface area contributed by atoms with Crippen molar-refractivity contribution in [2.45, 2.75) is 32.5 Å². The lowest BCUT2D eigenvalue weighted by molar-refractivity contribution is -0.137. The molecule has 2 heterocycles. The van der Waals surface area contributed by atoms with Crippen LogP contribution in [0.1, 0.15) is 17.7 Å². The highest BCUT2D eigenvalue weighted by Gasteiger charge is 2.28. The SMILES string of the molecule is COC[C@H]1CCn2nccc2CN1C(=O)COc1ccc(C)cc1. The third-order valence-electron chi connectivity index (χ3n) is 4.31. The molecule has 1 aliphatic rings. The number of benzene rings is 1. The molecule has 3 rings (SSSR count). The van der Waals surface area contributed by atoms with Crippen molar-refractivity contribution in [1.29, 1.82) is 0 Å². The second kappa shape index (κ2) is 7.49. The van der Waals surface area contributed by atoms with Gasteiger partial charge in [-0.25, -0.2) is 0 Å². The first-order valence-corrected chi connectivity index (χ1v) is 8.16. The monoisotopic (exact) mass is 329 g/mol. The number of methoxy groups -OCH3 is 1. The van der Waals surface area contributed by atoms with Crippen LogP contribution in [0.4, 0.5) is 0 Å². The van der Waals surface area contributed by atoms with E-state index in [0.29, 0.717) is 18.9 Å². The molecule has 1 amide bonds. The number of amides is 1. The predicted octanol–water partition coefficient (Wildman–Crippen LogP) is 2.02. The fourth-order valence-electron chi connectivity index (χ4n) is 2.95. The van der Waals surface area contributed by atoms with E-state index in [2.05, 4.69) is 5.10 Å². The molecule has 0 bridgehead atoms. The van der Waals surface area contributed by atoms with Crippen molar-refractivity contribution in [3.05, 3.63) is 47.8 Å². The van der Waals surface area contributed by atoms with Gasteiger partial charge in [0.2, 0.25) is 0 Å². The quantitative estimate of drug-likeness (QED) is 0.842. The second-order valence-corrected chi connectivity index (χ2v) is 6.07. The molecule has 6 nitrogen and oxygen atoms in total. The number of carbonyl (C=O) groups excluding carboxylic acids is 1. The smallest absolute Gasteiger partial charge is 0.261 e. The van der Waals surface area contributed by atoms with Crippen LogP contribution in [0.5, 0.6) is 5.75 Å². The maximum atomic E-state index is 12.7. The van der Waals surface area contributed by atoms with Crippen LogP contribution in [0.25, 0.3) is 0 Å². The van der Waals surface area contributed by atoms with Crippen LogP contribution in [-0.4, -0.2) is 47.0 Å². The lowest BCUT2D eigenvalue weighted by atomic mass is 10.2. The van der Waals surface area contributed by atoms with E-state index in [1.165, 1.54) is 0 Å². The van der Waals surface area contributed by atoms with Gasteiger partial charge < -0.3 is 14.4 Å². The van der Waals surface area contributed by atoms with Crippen LogP contribution in [0.3, 0.4) is 0 Å². The van der Waals surface area contributed by atoms with Crippen LogP contribution in [0.15, 0.2) is 36.5 Å². The molecule has 1 aromatic heterocycles. The van der Waals surface area contributed by atoms with Crippen molar-refractivity contribution in [3.8, 4) is 5.75 Å². The van der Waals surface area contributed by atoms with Gasteiger partial charge in [-0.15, -0.1) is 0 Å². The van der Waals surface area contributed by atoms with Crippen molar-refractivity contribution in [1.82, 2.24) is 14.7 Å². The van der Waals surface area contributed by atoms with E-state index in [-0.39, 0.29) is 18.6 Å². The largest absolute Gasteiger partial charge is 0.484 e. The second-order valence-electron chi connectivity index (χ2n) is 6.07. The molecular formula is C18H23N3O3. The van der Waals surface area contributed by atoms with Crippen LogP contribution < -0.4 is 4.74 Å². The Labute approximate surface area is 142 Å². The first-order chi connectivity index (χ1) is 11.7. The molecule has 24 heavy (non-hydrogen) atoms. The van der Waals surface area contributed by atoms with E-state index in [1.807, 2.05) is 46.8 Å². The third kappa shape index (κ3) is 3.76. The molecule has 0 spiro atoms. The average molecular weight is 329 g/mol. The summed E-state index contributed by atoms with van der Waals surface area (Å²) in [7, 11) is 1.66. The molecule has 128 valence electrons. The number of nitrogens with zero attached hydrogens (tertiary/aromatic N) is 3. The zero-order chi connectivity index (χ0) is 16.9. The molecule has 6 heteroatoms. The zero-order valence-electron chi connectivity index (χ0n) is 14.1. The fraction of sp³-hybridized carbons (Fsp3) is 0.444. The number of aromatic nitrogens is 2. The van der Waals surface area contributed by atoms with E-state index in [9.17, 15) is 4.79 Å². The lowest BCUT2D eigenvalue weighted by Crippen LogP contribution is -2.44. The summed E-state index contributed by atoms with van der Waals surface area (Å²) in [5.41, 5.74) is 2.20. The molecule has 1 aliphatic heterocycles. The number of aryl methyl sites for hydroxylation is 2. The van der Waals surface area contributed by atoms with Gasteiger partial charge >= 0.3 is 0 Å². The van der Waals surface area contributed by atoms with Crippen LogP contribution in [0.2, 0.25) is 0 Å². The highest BCUT2D eigenvalue weighted by Crippen LogP contribution is 2.18. The van der Waals surface area contributed by atoms with E-state index < -0.39 is 0 Å². The van der Waals surface area contributed by atoms with E-state index in [1.54, 1.807) is 13.3 Å². The van der Waals surface area contributed by atoms with Gasteiger partial charge in [0.15, 0.2) is 6.61 Å². The summed E-state index contributed by atoms with van der Waals surface area (Å²) >= 11 is 0. The molecule has 0 fully saturated rings. The minimum absolute atomic E-state index is 0.0252. The highest BCUT2D eigenvalue weighted by molar-refractivity contribution is 5.78. The minimum atomic E-state index is -0.0349. The summed E-state index contributed by atoms with van der Waals surface area (Å²) in [5.74, 6) is 0.671. The average Bonchev–Trinajstić information content (AvgIpc) is 2.96. The van der Waals surface area contributed by atoms with Gasteiger partial charge in [0, 0.05) is 19.9 Å². The van der Waals surface area contributed by atoms with Gasteiger partial charge in [0.1, 0.15) is 5.75 Å². The molecule has 0 saturated heterocycles. The summed E-state index contributed by atoms with van der Waals surface area (Å²) in [6.07, 6.45) is 2.59. The third-order valence-corrected chi connectivity index (χ3v) is 4.31. The number of ether oxygens (including phenoxy) is 2. The molecule has 0 N–H and O–H groups in total. The van der Waals surface area contributed by atoms with Crippen LogP contribution in [0, 0.1) is 6.92 Å². The maximum Gasteiger partial charge on any atom is 0.261 e. The van der Waals surface area contributed by atoms with Crippen LogP contribution in [-0.2, 0) is 22.6 Å². The van der Waals surface area contributed by atoms with Crippen molar-refractivity contribution in [3.63, 3.8) is 0 Å². The number of fused-ring (bicyclic) bond motifs is 1. The number of hydrogen-bond donors (Lipinski definition) is 0. The van der Waals surface area contributed by atoms with Gasteiger partial charge in [0.05, 0.1) is 24.9 Å². The number of hydrogen-bond acceptors (Lipinski definition) is 4. The molecule has 0 unspecified atom stereocenters. The standard InChI is InChI=1S/C18H23N3O3/c1-14-3-5-17(6-4-14)24-13-18(22)20-11-15-7-9-19-21(15)10-8-16(20)12-23-2/h3-7,9,16H,8,10-13H2,1-2H3/t16-/m1/s1. The summed E-state index contributed by atoms with van der Waals surface area (Å²) in [6.45, 7) is 3.88. The van der Waals surface area contributed by atoms with Crippen LogP contribution >= 0.6 is 0 Å². The van der Waals surface area contributed by atoms with Gasteiger partial charge in [-0.05, 0) is 31.5 Å². The van der Waals surface area contributed by atoms with E-state index in [4.69, 9.17) is 9.47 Å². The Hall–Kier alpha value is -2.34. The molecule has 1 atom stereocenters. The Bertz CT molecular complexity index is 681. The normalized spacial score (nSPS) is 17.2. The first kappa shape index (κ1) is 16.5. The van der Waals surface area contributed by atoms with E-state index >= 15 is 0 Å². The fourth-order valence-corrected chi connectivity index (χ4v) is 2.95. The van der Waals surface area contributed by atoms with Gasteiger partial charge in [-0.3, -0.25) is 9.48 Å². The predicted molar refractivity (Wildman–Crippen MR) is 89.7 cm³/mol. The molecule has 1 aromatic carbocycles. The molecular weight excluding hydrogens is 306 g/mol. The molecule has 2 aromatic rings. The van der Waals surface area contributed by atoms with Crippen molar-refractivity contribution < 1.29 is 14.3 Å². The summed E-state index contributed by atoms with van der Waals surface area (Å²) < 4.78 is 12.9. The topological polar surface area (TPSA) is 56.6 Å². The van der Waals surface area contributed by atoms with Crippen molar-refractivity contribution in [2.75, 3.05) is 20.3 Å². The zero-order valence-corrected chi connectivity index (χ0v) is 14.1. The van der Waals surface area contributed by atoms with Crippen molar-refractivity contribution >= 4 is 5.91 Å². The highest BCUT2D eigenvalue weighted by atomic mass is 16.5. The van der Waals surface area contributed by atoms with Gasteiger partial charge in [-0.2, -0.15) is 5.10 Å². The minimum Gasteiger partial charge on any atom is -0.484 e. The maximum absolute atomic E-state index is 12.7. The van der Waals surface area contributed by atoms with Gasteiger partial charge in [0.25, 0.3) is 5.91 Å². The number of carbonyl (C=O) groups is 1. The Morgan fingerprint density at radius 2 is 2.08 bits per heavy atom. The number of rotatable bonds is 5. The summed E-state index contributed by atoms with van der Waals surface area (Å²) in [4.78, 5) is 14.6. The lowest BCUT2D eigenvalue weighted by Gasteiger charge is -2.29. The summed E-state index contributed by atoms with van der Waals surface area (Å²) in [6, 6.07) is 9.69. The van der Waals surface area contributed by atoms with Crippen molar-refractivity contribution in [2.24, 2.45) is 0 Å². The van der Waals surface area contributed by atoms with Gasteiger partial charge in [-0.1, -0.05) is 17.7 Å². The Morgan fingerprint density at radius 3 is 2.83 bits per heavy atom. The Balaban J connectivity index is 1.68. The molecule has 0 saturated carbocycles. The molecule has 0 aliphatic carbocycles. The van der Waals surface area contributed by atoms with E-state index in [0.717, 1.165) is 24.2 Å². The first-order valence-electron chi connectivity index (χ1n) is 8.16. The Morgan fingerprint density at radius 1 is 1.29 bits per heavy atom.